The molecule has 0 bridgehead atoms. The molecule has 35 heavy (non-hydrogen) atoms. The fourth-order valence-electron chi connectivity index (χ4n) is 2.61. The van der Waals surface area contributed by atoms with Crippen LogP contribution in [0.2, 0.25) is 0 Å². The summed E-state index contributed by atoms with van der Waals surface area (Å²) >= 11 is 0. The normalized spacial score (nSPS) is 13.4. The molecule has 2 aromatic carbocycles. The van der Waals surface area contributed by atoms with Crippen LogP contribution in [0, 0.1) is 0 Å². The Balaban J connectivity index is 2.16. The van der Waals surface area contributed by atoms with Crippen molar-refractivity contribution < 1.29 is 33.7 Å². The number of allylic oxidation sites excluding steroid dienone is 2. The highest BCUT2D eigenvalue weighted by molar-refractivity contribution is 8.45. The van der Waals surface area contributed by atoms with E-state index in [0.717, 1.165) is 29.4 Å². The first-order valence-corrected chi connectivity index (χ1v) is 12.5. The Morgan fingerprint density at radius 2 is 1.43 bits per heavy atom. The maximum Gasteiger partial charge on any atom is 0.310 e. The lowest BCUT2D eigenvalue weighted by Gasteiger charge is -2.40. The Hall–Kier alpha value is -3.27. The van der Waals surface area contributed by atoms with Gasteiger partial charge in [0.1, 0.15) is 29.6 Å². The Morgan fingerprint density at radius 3 is 1.97 bits per heavy atom. The molecule has 0 radical (unpaired) electrons. The molecular formula is C25H28F5NO3S. The van der Waals surface area contributed by atoms with Crippen LogP contribution < -0.4 is 14.8 Å². The number of anilines is 1. The van der Waals surface area contributed by atoms with Crippen molar-refractivity contribution in [3.05, 3.63) is 77.4 Å². The molecule has 1 amide bonds. The van der Waals surface area contributed by atoms with Crippen LogP contribution in [-0.2, 0) is 4.79 Å². The SMILES string of the molecule is CC(C)=CCOc1ccc(C=CC(=O)Nc2ccc(S(F)(F)(F)(F)F)cc2)c(OCC=C(C)C)c1. The number of hydrogen-bond donors (Lipinski definition) is 1. The lowest BCUT2D eigenvalue weighted by Crippen LogP contribution is -2.09. The maximum atomic E-state index is 12.8. The first kappa shape index (κ1) is 28.0. The van der Waals surface area contributed by atoms with Gasteiger partial charge in [0.2, 0.25) is 5.91 Å². The molecule has 0 saturated heterocycles. The van der Waals surface area contributed by atoms with E-state index in [9.17, 15) is 24.2 Å². The zero-order valence-corrected chi connectivity index (χ0v) is 20.6. The molecule has 0 heterocycles. The molecule has 2 rings (SSSR count). The van der Waals surface area contributed by atoms with Gasteiger partial charge in [-0.1, -0.05) is 30.6 Å². The molecule has 0 spiro atoms. The second-order valence-corrected chi connectivity index (χ2v) is 10.6. The molecule has 0 fully saturated rings. The van der Waals surface area contributed by atoms with Gasteiger partial charge in [-0.05, 0) is 82.3 Å². The van der Waals surface area contributed by atoms with Crippen LogP contribution in [0.5, 0.6) is 11.5 Å². The summed E-state index contributed by atoms with van der Waals surface area (Å²) < 4.78 is 75.6. The lowest BCUT2D eigenvalue weighted by atomic mass is 10.1. The van der Waals surface area contributed by atoms with Crippen LogP contribution in [0.1, 0.15) is 33.3 Å². The standard InChI is InChI=1S/C25H28F5NO3S/c1-18(2)13-15-33-22-9-5-20(24(17-22)34-16-14-19(3)4)6-12-25(32)31-21-7-10-23(11-8-21)35(26,27,28,29)30/h5-14,17H,15-16H2,1-4H3,(H,31,32). The Morgan fingerprint density at radius 1 is 0.857 bits per heavy atom. The van der Waals surface area contributed by atoms with Crippen LogP contribution in [0.25, 0.3) is 6.08 Å². The minimum Gasteiger partial charge on any atom is -0.489 e. The summed E-state index contributed by atoms with van der Waals surface area (Å²) in [7, 11) is -9.77. The molecule has 192 valence electrons. The molecule has 0 aliphatic heterocycles. The summed E-state index contributed by atoms with van der Waals surface area (Å²) in [4.78, 5) is 10.2. The van der Waals surface area contributed by atoms with Crippen molar-refractivity contribution in [3.63, 3.8) is 0 Å². The molecule has 0 aliphatic carbocycles. The van der Waals surface area contributed by atoms with Gasteiger partial charge in [-0.25, -0.2) is 0 Å². The quantitative estimate of drug-likeness (QED) is 0.195. The van der Waals surface area contributed by atoms with E-state index in [-0.39, 0.29) is 17.8 Å². The van der Waals surface area contributed by atoms with Crippen LogP contribution >= 0.6 is 10.2 Å². The fourth-order valence-corrected chi connectivity index (χ4v) is 3.27. The number of nitrogens with one attached hydrogen (secondary N) is 1. The number of rotatable bonds is 10. The molecule has 1 N–H and O–H groups in total. The van der Waals surface area contributed by atoms with Crippen LogP contribution in [0.15, 0.2) is 76.7 Å². The van der Waals surface area contributed by atoms with Crippen LogP contribution in [-0.4, -0.2) is 19.1 Å². The van der Waals surface area contributed by atoms with Gasteiger partial charge in [0.15, 0.2) is 0 Å². The third kappa shape index (κ3) is 9.86. The number of carbonyl (C=O) groups is 1. The van der Waals surface area contributed by atoms with Gasteiger partial charge in [0.25, 0.3) is 0 Å². The van der Waals surface area contributed by atoms with Gasteiger partial charge in [-0.3, -0.25) is 4.79 Å². The van der Waals surface area contributed by atoms with Gasteiger partial charge in [-0.2, -0.15) is 0 Å². The average Bonchev–Trinajstić information content (AvgIpc) is 2.71. The number of amides is 1. The van der Waals surface area contributed by atoms with Crippen molar-refractivity contribution in [2.24, 2.45) is 0 Å². The minimum absolute atomic E-state index is 0.0618. The largest absolute Gasteiger partial charge is 0.489 e. The molecular weight excluding hydrogens is 489 g/mol. The summed E-state index contributed by atoms with van der Waals surface area (Å²) in [6, 6.07) is 7.12. The monoisotopic (exact) mass is 517 g/mol. The number of carbonyl (C=O) groups excluding carboxylic acids is 1. The van der Waals surface area contributed by atoms with Gasteiger partial charge < -0.3 is 14.8 Å². The second-order valence-electron chi connectivity index (χ2n) is 8.20. The zero-order chi connectivity index (χ0) is 26.3. The highest BCUT2D eigenvalue weighted by Crippen LogP contribution is 3.02. The smallest absolute Gasteiger partial charge is 0.310 e. The van der Waals surface area contributed by atoms with E-state index in [1.165, 1.54) is 6.08 Å². The Kier molecular flexibility index (Phi) is 8.11. The molecule has 2 aromatic rings. The molecule has 0 unspecified atom stereocenters. The number of benzene rings is 2. The average molecular weight is 518 g/mol. The van der Waals surface area contributed by atoms with Crippen molar-refractivity contribution in [2.75, 3.05) is 18.5 Å². The van der Waals surface area contributed by atoms with Crippen molar-refractivity contribution in [1.29, 1.82) is 0 Å². The summed E-state index contributed by atoms with van der Waals surface area (Å²) in [5, 5.41) is 2.34. The van der Waals surface area contributed by atoms with Crippen molar-refractivity contribution in [2.45, 2.75) is 32.6 Å². The van der Waals surface area contributed by atoms with Gasteiger partial charge in [0, 0.05) is 23.4 Å². The molecule has 0 saturated carbocycles. The van der Waals surface area contributed by atoms with E-state index in [0.29, 0.717) is 30.3 Å². The van der Waals surface area contributed by atoms with E-state index >= 15 is 0 Å². The van der Waals surface area contributed by atoms with Gasteiger partial charge in [0.05, 0.1) is 0 Å². The molecule has 10 heteroatoms. The van der Waals surface area contributed by atoms with E-state index in [2.05, 4.69) is 5.32 Å². The third-order valence-corrected chi connectivity index (χ3v) is 5.60. The topological polar surface area (TPSA) is 47.6 Å². The van der Waals surface area contributed by atoms with Gasteiger partial charge >= 0.3 is 10.2 Å². The van der Waals surface area contributed by atoms with Crippen molar-refractivity contribution in [1.82, 2.24) is 0 Å². The predicted octanol–water partition coefficient (Wildman–Crippen LogP) is 8.69. The van der Waals surface area contributed by atoms with E-state index in [1.54, 1.807) is 18.2 Å². The molecule has 4 nitrogen and oxygen atoms in total. The zero-order valence-electron chi connectivity index (χ0n) is 19.8. The van der Waals surface area contributed by atoms with E-state index < -0.39 is 21.0 Å². The van der Waals surface area contributed by atoms with Crippen molar-refractivity contribution >= 4 is 27.9 Å². The Bertz CT molecular complexity index is 1150. The highest BCUT2D eigenvalue weighted by Gasteiger charge is 2.65. The third-order valence-electron chi connectivity index (χ3n) is 4.44. The summed E-state index contributed by atoms with van der Waals surface area (Å²) in [5.41, 5.74) is 2.67. The predicted molar refractivity (Wildman–Crippen MR) is 132 cm³/mol. The summed E-state index contributed by atoms with van der Waals surface area (Å²) in [6.07, 6.45) is 6.43. The number of halogens is 5. The first-order chi connectivity index (χ1) is 16.0. The number of ether oxygens (including phenoxy) is 2. The molecule has 0 atom stereocenters. The molecule has 0 aliphatic rings. The van der Waals surface area contributed by atoms with Crippen LogP contribution in [0.4, 0.5) is 25.1 Å². The maximum absolute atomic E-state index is 12.8. The van der Waals surface area contributed by atoms with Gasteiger partial charge in [-0.15, -0.1) is 0 Å². The fraction of sp³-hybridized carbons (Fsp3) is 0.240. The molecule has 0 aromatic heterocycles. The highest BCUT2D eigenvalue weighted by atomic mass is 32.5. The first-order valence-electron chi connectivity index (χ1n) is 10.5. The van der Waals surface area contributed by atoms with E-state index in [4.69, 9.17) is 9.47 Å². The van der Waals surface area contributed by atoms with E-state index in [1.807, 2.05) is 39.8 Å². The Labute approximate surface area is 201 Å². The van der Waals surface area contributed by atoms with Crippen LogP contribution in [0.3, 0.4) is 0 Å². The summed E-state index contributed by atoms with van der Waals surface area (Å²) in [6.45, 7) is 8.45. The lowest BCUT2D eigenvalue weighted by molar-refractivity contribution is -0.111. The van der Waals surface area contributed by atoms with Crippen molar-refractivity contribution in [3.8, 4) is 11.5 Å². The number of hydrogen-bond acceptors (Lipinski definition) is 3. The minimum atomic E-state index is -9.77. The summed E-state index contributed by atoms with van der Waals surface area (Å²) in [5.74, 6) is 0.367. The second kappa shape index (κ2) is 10.2.